The summed E-state index contributed by atoms with van der Waals surface area (Å²) in [6.07, 6.45) is 2.22. The topological polar surface area (TPSA) is 64.3 Å². The van der Waals surface area contributed by atoms with E-state index in [1.807, 2.05) is 25.2 Å². The number of aldehydes is 1. The molecule has 0 aliphatic heterocycles. The van der Waals surface area contributed by atoms with Crippen molar-refractivity contribution in [1.29, 1.82) is 0 Å². The van der Waals surface area contributed by atoms with Gasteiger partial charge in [0.2, 0.25) is 0 Å². The molecule has 0 spiro atoms. The van der Waals surface area contributed by atoms with Crippen molar-refractivity contribution in [1.82, 2.24) is 0 Å². The highest BCUT2D eigenvalue weighted by Crippen LogP contribution is 2.23. The van der Waals surface area contributed by atoms with Crippen LogP contribution in [0, 0.1) is 0 Å². The monoisotopic (exact) mass is 222 g/mol. The Labute approximate surface area is 95.8 Å². The van der Waals surface area contributed by atoms with E-state index < -0.39 is 0 Å². The van der Waals surface area contributed by atoms with Crippen LogP contribution in [-0.2, 0) is 11.2 Å². The molecule has 0 amide bonds. The van der Waals surface area contributed by atoms with Gasteiger partial charge in [-0.3, -0.25) is 0 Å². The molecule has 0 aliphatic rings. The fraction of sp³-hybridized carbons (Fsp3) is 0.417. The summed E-state index contributed by atoms with van der Waals surface area (Å²) in [7, 11) is 3.49. The molecule has 0 aliphatic carbocycles. The number of carbonyl (C=O) groups is 1. The van der Waals surface area contributed by atoms with Gasteiger partial charge in [0.1, 0.15) is 12.0 Å². The SMILES string of the molecule is CNc1cc(OC)ccc1CC[C@H](N)C=O. The minimum atomic E-state index is -0.383. The molecule has 0 saturated carbocycles. The Balaban J connectivity index is 2.75. The molecule has 1 aromatic rings. The molecular formula is C12H18N2O2. The van der Waals surface area contributed by atoms with Gasteiger partial charge in [0.15, 0.2) is 0 Å². The first-order valence-electron chi connectivity index (χ1n) is 5.26. The highest BCUT2D eigenvalue weighted by molar-refractivity contribution is 5.58. The van der Waals surface area contributed by atoms with Crippen LogP contribution in [0.25, 0.3) is 0 Å². The fourth-order valence-electron chi connectivity index (χ4n) is 1.52. The van der Waals surface area contributed by atoms with E-state index in [0.717, 1.165) is 29.7 Å². The standard InChI is InChI=1S/C12H18N2O2/c1-14-12-7-11(16-2)6-4-9(12)3-5-10(13)8-15/h4,6-8,10,14H,3,5,13H2,1-2H3/t10-/m0/s1. The van der Waals surface area contributed by atoms with Crippen LogP contribution < -0.4 is 15.8 Å². The summed E-state index contributed by atoms with van der Waals surface area (Å²) in [6, 6.07) is 5.44. The summed E-state index contributed by atoms with van der Waals surface area (Å²) in [5.41, 5.74) is 7.71. The van der Waals surface area contributed by atoms with Gasteiger partial charge in [0, 0.05) is 18.8 Å². The second-order valence-electron chi connectivity index (χ2n) is 3.61. The molecule has 0 fully saturated rings. The van der Waals surface area contributed by atoms with Crippen LogP contribution in [0.4, 0.5) is 5.69 Å². The fourth-order valence-corrected chi connectivity index (χ4v) is 1.52. The van der Waals surface area contributed by atoms with Crippen molar-refractivity contribution in [2.75, 3.05) is 19.5 Å². The summed E-state index contributed by atoms with van der Waals surface area (Å²) in [5, 5.41) is 3.10. The molecule has 4 heteroatoms. The Kier molecular flexibility index (Phi) is 4.79. The largest absolute Gasteiger partial charge is 0.497 e. The summed E-state index contributed by atoms with van der Waals surface area (Å²) < 4.78 is 5.14. The van der Waals surface area contributed by atoms with E-state index in [1.54, 1.807) is 7.11 Å². The highest BCUT2D eigenvalue weighted by Gasteiger charge is 2.06. The molecule has 16 heavy (non-hydrogen) atoms. The Bertz CT molecular complexity index is 353. The number of anilines is 1. The van der Waals surface area contributed by atoms with Crippen LogP contribution in [-0.4, -0.2) is 26.5 Å². The maximum atomic E-state index is 10.4. The van der Waals surface area contributed by atoms with E-state index in [1.165, 1.54) is 0 Å². The third kappa shape index (κ3) is 3.24. The molecule has 0 saturated heterocycles. The van der Waals surface area contributed by atoms with Crippen molar-refractivity contribution in [2.45, 2.75) is 18.9 Å². The molecule has 88 valence electrons. The first kappa shape index (κ1) is 12.5. The number of aryl methyl sites for hydroxylation is 1. The average Bonchev–Trinajstić information content (AvgIpc) is 2.35. The van der Waals surface area contributed by atoms with Crippen molar-refractivity contribution < 1.29 is 9.53 Å². The molecule has 0 heterocycles. The van der Waals surface area contributed by atoms with Crippen molar-refractivity contribution in [2.24, 2.45) is 5.73 Å². The van der Waals surface area contributed by atoms with Crippen LogP contribution >= 0.6 is 0 Å². The van der Waals surface area contributed by atoms with Gasteiger partial charge in [-0.25, -0.2) is 0 Å². The van der Waals surface area contributed by atoms with Gasteiger partial charge in [-0.2, -0.15) is 0 Å². The first-order chi connectivity index (χ1) is 7.71. The second kappa shape index (κ2) is 6.12. The lowest BCUT2D eigenvalue weighted by Gasteiger charge is -2.11. The van der Waals surface area contributed by atoms with Crippen LogP contribution in [0.3, 0.4) is 0 Å². The van der Waals surface area contributed by atoms with Crippen LogP contribution in [0.15, 0.2) is 18.2 Å². The number of hydrogen-bond acceptors (Lipinski definition) is 4. The third-order valence-corrected chi connectivity index (χ3v) is 2.51. The third-order valence-electron chi connectivity index (χ3n) is 2.51. The van der Waals surface area contributed by atoms with E-state index in [0.29, 0.717) is 6.42 Å². The van der Waals surface area contributed by atoms with E-state index >= 15 is 0 Å². The zero-order chi connectivity index (χ0) is 12.0. The van der Waals surface area contributed by atoms with Crippen molar-refractivity contribution >= 4 is 12.0 Å². The minimum absolute atomic E-state index is 0.383. The van der Waals surface area contributed by atoms with Gasteiger partial charge in [-0.15, -0.1) is 0 Å². The molecule has 0 aromatic heterocycles. The smallest absolute Gasteiger partial charge is 0.136 e. The van der Waals surface area contributed by atoms with Gasteiger partial charge in [0.05, 0.1) is 13.2 Å². The van der Waals surface area contributed by atoms with Gasteiger partial charge < -0.3 is 20.6 Å². The Morgan fingerprint density at radius 3 is 2.88 bits per heavy atom. The molecule has 0 bridgehead atoms. The normalized spacial score (nSPS) is 11.9. The van der Waals surface area contributed by atoms with E-state index in [4.69, 9.17) is 10.5 Å². The molecule has 3 N–H and O–H groups in total. The number of ether oxygens (including phenoxy) is 1. The van der Waals surface area contributed by atoms with E-state index in [-0.39, 0.29) is 6.04 Å². The summed E-state index contributed by atoms with van der Waals surface area (Å²) in [5.74, 6) is 0.813. The van der Waals surface area contributed by atoms with Crippen LogP contribution in [0.2, 0.25) is 0 Å². The van der Waals surface area contributed by atoms with Gasteiger partial charge in [-0.05, 0) is 24.5 Å². The Hall–Kier alpha value is -1.55. The summed E-state index contributed by atoms with van der Waals surface area (Å²) in [6.45, 7) is 0. The molecule has 0 radical (unpaired) electrons. The highest BCUT2D eigenvalue weighted by atomic mass is 16.5. The quantitative estimate of drug-likeness (QED) is 0.710. The van der Waals surface area contributed by atoms with Gasteiger partial charge in [-0.1, -0.05) is 6.07 Å². The lowest BCUT2D eigenvalue weighted by molar-refractivity contribution is -0.109. The lowest BCUT2D eigenvalue weighted by Crippen LogP contribution is -2.22. The van der Waals surface area contributed by atoms with E-state index in [2.05, 4.69) is 5.32 Å². The number of nitrogens with two attached hydrogens (primary N) is 1. The molecule has 1 atom stereocenters. The number of carbonyl (C=O) groups excluding carboxylic acids is 1. The number of hydrogen-bond donors (Lipinski definition) is 2. The van der Waals surface area contributed by atoms with Crippen molar-refractivity contribution in [3.8, 4) is 5.75 Å². The summed E-state index contributed by atoms with van der Waals surface area (Å²) >= 11 is 0. The molecular weight excluding hydrogens is 204 g/mol. The van der Waals surface area contributed by atoms with Crippen molar-refractivity contribution in [3.05, 3.63) is 23.8 Å². The second-order valence-corrected chi connectivity index (χ2v) is 3.61. The Morgan fingerprint density at radius 1 is 1.56 bits per heavy atom. The lowest BCUT2D eigenvalue weighted by atomic mass is 10.0. The van der Waals surface area contributed by atoms with Gasteiger partial charge >= 0.3 is 0 Å². The molecule has 4 nitrogen and oxygen atoms in total. The number of benzene rings is 1. The minimum Gasteiger partial charge on any atom is -0.497 e. The maximum absolute atomic E-state index is 10.4. The number of rotatable bonds is 6. The van der Waals surface area contributed by atoms with Crippen LogP contribution in [0.5, 0.6) is 5.75 Å². The van der Waals surface area contributed by atoms with Gasteiger partial charge in [0.25, 0.3) is 0 Å². The maximum Gasteiger partial charge on any atom is 0.136 e. The average molecular weight is 222 g/mol. The van der Waals surface area contributed by atoms with E-state index in [9.17, 15) is 4.79 Å². The molecule has 1 aromatic carbocycles. The molecule has 0 unspecified atom stereocenters. The number of methoxy groups -OCH3 is 1. The number of nitrogens with one attached hydrogen (secondary N) is 1. The molecule has 1 rings (SSSR count). The van der Waals surface area contributed by atoms with Crippen LogP contribution in [0.1, 0.15) is 12.0 Å². The predicted octanol–water partition coefficient (Wildman–Crippen LogP) is 1.20. The first-order valence-corrected chi connectivity index (χ1v) is 5.26. The predicted molar refractivity (Wildman–Crippen MR) is 64.9 cm³/mol. The Morgan fingerprint density at radius 2 is 2.31 bits per heavy atom. The summed E-state index contributed by atoms with van der Waals surface area (Å²) in [4.78, 5) is 10.4. The zero-order valence-electron chi connectivity index (χ0n) is 9.69. The van der Waals surface area contributed by atoms with Crippen molar-refractivity contribution in [3.63, 3.8) is 0 Å². The zero-order valence-corrected chi connectivity index (χ0v) is 9.69.